The summed E-state index contributed by atoms with van der Waals surface area (Å²) in [5.41, 5.74) is 4.27. The fourth-order valence-electron chi connectivity index (χ4n) is 3.30. The second-order valence-electron chi connectivity index (χ2n) is 7.22. The number of rotatable bonds is 10. The summed E-state index contributed by atoms with van der Waals surface area (Å²) in [7, 11) is 1.59. The number of methoxy groups -OCH3 is 1. The Bertz CT molecular complexity index is 1020. The highest BCUT2D eigenvalue weighted by atomic mass is 35.5. The van der Waals surface area contributed by atoms with Crippen LogP contribution in [-0.4, -0.2) is 42.9 Å². The Morgan fingerprint density at radius 2 is 1.94 bits per heavy atom. The van der Waals surface area contributed by atoms with E-state index >= 15 is 0 Å². The number of halogens is 1. The average molecular weight is 455 g/mol. The lowest BCUT2D eigenvalue weighted by atomic mass is 10.0. The van der Waals surface area contributed by atoms with Crippen molar-refractivity contribution in [2.45, 2.75) is 19.4 Å². The fraction of sp³-hybridized carbons (Fsp3) is 0.280. The Morgan fingerprint density at radius 3 is 2.59 bits per heavy atom. The van der Waals surface area contributed by atoms with Crippen LogP contribution in [0.1, 0.15) is 34.5 Å². The van der Waals surface area contributed by atoms with E-state index < -0.39 is 6.10 Å². The number of nitrogens with zero attached hydrogens (tertiary/aromatic N) is 1. The van der Waals surface area contributed by atoms with Crippen LogP contribution in [0.4, 0.5) is 0 Å². The van der Waals surface area contributed by atoms with Crippen LogP contribution in [-0.2, 0) is 11.2 Å². The van der Waals surface area contributed by atoms with Crippen molar-refractivity contribution in [2.75, 3.05) is 26.8 Å². The number of hydrogen-bond acceptors (Lipinski definition) is 6. The summed E-state index contributed by atoms with van der Waals surface area (Å²) in [6, 6.07) is 17.0. The third-order valence-electron chi connectivity index (χ3n) is 5.04. The van der Waals surface area contributed by atoms with E-state index in [2.05, 4.69) is 22.4 Å². The highest BCUT2D eigenvalue weighted by molar-refractivity contribution is 6.29. The molecule has 0 saturated heterocycles. The standard InChI is InChI=1S/C25H27ClN2O4/c1-3-32-25(30)19-8-10-21(23(14-19)31-2)18-6-4-17(5-7-18)12-13-27-16-22(29)20-9-11-24(26)28-15-20/h4-11,14-15,22,27,29H,3,12-13,16H2,1-2H3/t22-/m0/s1. The number of carbonyl (C=O) groups is 1. The van der Waals surface area contributed by atoms with Gasteiger partial charge in [0.05, 0.1) is 25.4 Å². The Kier molecular flexibility index (Phi) is 8.62. The molecule has 0 bridgehead atoms. The van der Waals surface area contributed by atoms with Crippen LogP contribution in [0.15, 0.2) is 60.8 Å². The van der Waals surface area contributed by atoms with Crippen molar-refractivity contribution in [3.63, 3.8) is 0 Å². The number of benzene rings is 2. The van der Waals surface area contributed by atoms with E-state index in [0.29, 0.717) is 29.6 Å². The third-order valence-corrected chi connectivity index (χ3v) is 5.26. The van der Waals surface area contributed by atoms with Crippen molar-refractivity contribution in [2.24, 2.45) is 0 Å². The number of ether oxygens (including phenoxy) is 2. The molecule has 1 heterocycles. The summed E-state index contributed by atoms with van der Waals surface area (Å²) < 4.78 is 10.5. The topological polar surface area (TPSA) is 80.7 Å². The molecule has 0 amide bonds. The first-order valence-electron chi connectivity index (χ1n) is 10.5. The van der Waals surface area contributed by atoms with Gasteiger partial charge in [0.2, 0.25) is 0 Å². The van der Waals surface area contributed by atoms with Gasteiger partial charge in [-0.1, -0.05) is 41.9 Å². The molecule has 3 aromatic rings. The van der Waals surface area contributed by atoms with E-state index in [1.165, 1.54) is 5.56 Å². The van der Waals surface area contributed by atoms with Crippen LogP contribution < -0.4 is 10.1 Å². The van der Waals surface area contributed by atoms with Crippen LogP contribution in [0.3, 0.4) is 0 Å². The second kappa shape index (κ2) is 11.6. The molecule has 0 unspecified atom stereocenters. The Balaban J connectivity index is 1.55. The minimum Gasteiger partial charge on any atom is -0.496 e. The Labute approximate surface area is 193 Å². The fourth-order valence-corrected chi connectivity index (χ4v) is 3.41. The SMILES string of the molecule is CCOC(=O)c1ccc(-c2ccc(CCNC[C@H](O)c3ccc(Cl)nc3)cc2)c(OC)c1. The number of nitrogens with one attached hydrogen (secondary N) is 1. The molecule has 3 rings (SSSR count). The molecule has 0 aliphatic rings. The molecule has 0 fully saturated rings. The zero-order valence-electron chi connectivity index (χ0n) is 18.2. The van der Waals surface area contributed by atoms with Crippen LogP contribution in [0.2, 0.25) is 5.15 Å². The minimum atomic E-state index is -0.632. The molecule has 7 heteroatoms. The number of aliphatic hydroxyl groups is 1. The minimum absolute atomic E-state index is 0.330. The highest BCUT2D eigenvalue weighted by Crippen LogP contribution is 2.31. The van der Waals surface area contributed by atoms with Crippen LogP contribution in [0.25, 0.3) is 11.1 Å². The summed E-state index contributed by atoms with van der Waals surface area (Å²) in [6.45, 7) is 3.27. The number of aliphatic hydroxyl groups excluding tert-OH is 1. The van der Waals surface area contributed by atoms with E-state index in [1.807, 2.05) is 18.2 Å². The maximum atomic E-state index is 12.0. The molecule has 0 spiro atoms. The predicted molar refractivity (Wildman–Crippen MR) is 125 cm³/mol. The molecule has 2 N–H and O–H groups in total. The largest absolute Gasteiger partial charge is 0.496 e. The van der Waals surface area contributed by atoms with Crippen LogP contribution in [0.5, 0.6) is 5.75 Å². The van der Waals surface area contributed by atoms with Gasteiger partial charge in [-0.25, -0.2) is 9.78 Å². The summed E-state index contributed by atoms with van der Waals surface area (Å²) in [5, 5.41) is 13.9. The average Bonchev–Trinajstić information content (AvgIpc) is 2.82. The molecule has 0 aliphatic heterocycles. The molecule has 6 nitrogen and oxygen atoms in total. The smallest absolute Gasteiger partial charge is 0.338 e. The van der Waals surface area contributed by atoms with Gasteiger partial charge in [-0.15, -0.1) is 0 Å². The van der Waals surface area contributed by atoms with Gasteiger partial charge < -0.3 is 19.9 Å². The zero-order chi connectivity index (χ0) is 22.9. The van der Waals surface area contributed by atoms with Crippen molar-refractivity contribution >= 4 is 17.6 Å². The zero-order valence-corrected chi connectivity index (χ0v) is 18.9. The van der Waals surface area contributed by atoms with Gasteiger partial charge in [0.15, 0.2) is 0 Å². The number of hydrogen-bond donors (Lipinski definition) is 2. The van der Waals surface area contributed by atoms with Crippen molar-refractivity contribution in [1.82, 2.24) is 10.3 Å². The van der Waals surface area contributed by atoms with Crippen molar-refractivity contribution in [3.8, 4) is 16.9 Å². The number of carbonyl (C=O) groups excluding carboxylic acids is 1. The molecular weight excluding hydrogens is 428 g/mol. The molecule has 0 aliphatic carbocycles. The van der Waals surface area contributed by atoms with E-state index in [-0.39, 0.29) is 5.97 Å². The van der Waals surface area contributed by atoms with E-state index in [4.69, 9.17) is 21.1 Å². The summed E-state index contributed by atoms with van der Waals surface area (Å²) in [4.78, 5) is 15.9. The summed E-state index contributed by atoms with van der Waals surface area (Å²) in [5.74, 6) is 0.258. The van der Waals surface area contributed by atoms with Gasteiger partial charge >= 0.3 is 5.97 Å². The first kappa shape index (κ1) is 23.7. The van der Waals surface area contributed by atoms with E-state index in [1.54, 1.807) is 44.5 Å². The van der Waals surface area contributed by atoms with Gasteiger partial charge in [-0.05, 0) is 55.3 Å². The molecule has 2 aromatic carbocycles. The van der Waals surface area contributed by atoms with Crippen molar-refractivity contribution in [1.29, 1.82) is 0 Å². The Hall–Kier alpha value is -2.93. The highest BCUT2D eigenvalue weighted by Gasteiger charge is 2.12. The monoisotopic (exact) mass is 454 g/mol. The lowest BCUT2D eigenvalue weighted by Crippen LogP contribution is -2.23. The summed E-state index contributed by atoms with van der Waals surface area (Å²) >= 11 is 5.78. The summed E-state index contributed by atoms with van der Waals surface area (Å²) in [6.07, 6.45) is 1.78. The van der Waals surface area contributed by atoms with Crippen molar-refractivity contribution in [3.05, 3.63) is 82.6 Å². The molecule has 1 atom stereocenters. The lowest BCUT2D eigenvalue weighted by Gasteiger charge is -2.13. The first-order valence-corrected chi connectivity index (χ1v) is 10.8. The maximum absolute atomic E-state index is 12.0. The molecular formula is C25H27ClN2O4. The molecule has 1 aromatic heterocycles. The quantitative estimate of drug-likeness (QED) is 0.267. The number of aromatic nitrogens is 1. The second-order valence-corrected chi connectivity index (χ2v) is 7.60. The van der Waals surface area contributed by atoms with E-state index in [9.17, 15) is 9.90 Å². The third kappa shape index (κ3) is 6.29. The van der Waals surface area contributed by atoms with E-state index in [0.717, 1.165) is 29.7 Å². The molecule has 32 heavy (non-hydrogen) atoms. The maximum Gasteiger partial charge on any atom is 0.338 e. The van der Waals surface area contributed by atoms with Gasteiger partial charge in [0, 0.05) is 23.9 Å². The number of pyridine rings is 1. The number of esters is 1. The molecule has 0 radical (unpaired) electrons. The van der Waals surface area contributed by atoms with Crippen LogP contribution in [0, 0.1) is 0 Å². The normalized spacial score (nSPS) is 11.8. The van der Waals surface area contributed by atoms with Gasteiger partial charge in [-0.3, -0.25) is 0 Å². The molecule has 0 saturated carbocycles. The van der Waals surface area contributed by atoms with Gasteiger partial charge in [0.25, 0.3) is 0 Å². The van der Waals surface area contributed by atoms with Gasteiger partial charge in [-0.2, -0.15) is 0 Å². The van der Waals surface area contributed by atoms with Crippen LogP contribution >= 0.6 is 11.6 Å². The van der Waals surface area contributed by atoms with Gasteiger partial charge in [0.1, 0.15) is 10.9 Å². The lowest BCUT2D eigenvalue weighted by molar-refractivity contribution is 0.0526. The predicted octanol–water partition coefficient (Wildman–Crippen LogP) is 4.45. The van der Waals surface area contributed by atoms with Crippen molar-refractivity contribution < 1.29 is 19.4 Å². The Morgan fingerprint density at radius 1 is 1.16 bits per heavy atom. The molecule has 168 valence electrons. The first-order chi connectivity index (χ1) is 15.5.